The lowest BCUT2D eigenvalue weighted by Gasteiger charge is -2.33. The van der Waals surface area contributed by atoms with Crippen molar-refractivity contribution >= 4 is 23.1 Å². The summed E-state index contributed by atoms with van der Waals surface area (Å²) < 4.78 is 0. The predicted octanol–water partition coefficient (Wildman–Crippen LogP) is 10.7. The van der Waals surface area contributed by atoms with Crippen molar-refractivity contribution in [1.82, 2.24) is 0 Å². The SMILES string of the molecule is C/C=C(/B(c1c(C(C)C)cc(C(C)C)cc1C(C)C)c1c(C(C)C)cc(C(C)C)cc1C(C)C)c1ccccc1. The van der Waals surface area contributed by atoms with E-state index in [0.29, 0.717) is 35.5 Å². The van der Waals surface area contributed by atoms with Gasteiger partial charge in [0.15, 0.2) is 0 Å². The number of benzene rings is 3. The second-order valence-corrected chi connectivity index (χ2v) is 13.7. The summed E-state index contributed by atoms with van der Waals surface area (Å²) in [7, 11) is 0. The quantitative estimate of drug-likeness (QED) is 0.227. The van der Waals surface area contributed by atoms with Crippen LogP contribution in [0.25, 0.3) is 5.47 Å². The fourth-order valence-electron chi connectivity index (χ4n) is 6.28. The van der Waals surface area contributed by atoms with Crippen LogP contribution in [0.3, 0.4) is 0 Å². The van der Waals surface area contributed by atoms with Gasteiger partial charge >= 0.3 is 0 Å². The molecule has 0 saturated carbocycles. The molecule has 0 N–H and O–H groups in total. The molecule has 0 amide bonds. The van der Waals surface area contributed by atoms with Crippen LogP contribution in [-0.4, -0.2) is 6.71 Å². The Bertz CT molecular complexity index is 1170. The van der Waals surface area contributed by atoms with E-state index >= 15 is 0 Å². The third kappa shape index (κ3) is 6.67. The van der Waals surface area contributed by atoms with Crippen molar-refractivity contribution in [3.8, 4) is 0 Å². The monoisotopic (exact) mass is 534 g/mol. The van der Waals surface area contributed by atoms with Gasteiger partial charge in [0.25, 0.3) is 0 Å². The largest absolute Gasteiger partial charge is 0.243 e. The first kappa shape index (κ1) is 32.0. The standard InChI is InChI=1S/C39H55B/c1-14-37(30-18-16-15-17-19-30)40(38-33(26(6)7)20-31(24(2)3)21-34(38)27(8)9)39-35(28(10)11)22-32(25(4)5)23-36(39)29(12)13/h14-29H,1-13H3/b37-14+. The van der Waals surface area contributed by atoms with E-state index in [0.717, 1.165) is 0 Å². The minimum Gasteiger partial charge on any atom is -0.0918 e. The highest BCUT2D eigenvalue weighted by atomic mass is 14.2. The molecule has 0 atom stereocenters. The minimum atomic E-state index is 0.166. The molecule has 0 aliphatic carbocycles. The summed E-state index contributed by atoms with van der Waals surface area (Å²) in [5, 5.41) is 0. The molecule has 40 heavy (non-hydrogen) atoms. The van der Waals surface area contributed by atoms with Gasteiger partial charge in [0.05, 0.1) is 0 Å². The van der Waals surface area contributed by atoms with Crippen molar-refractivity contribution in [3.63, 3.8) is 0 Å². The molecular weight excluding hydrogens is 479 g/mol. The van der Waals surface area contributed by atoms with Gasteiger partial charge in [-0.15, -0.1) is 0 Å². The van der Waals surface area contributed by atoms with Gasteiger partial charge in [0.1, 0.15) is 0 Å². The molecule has 0 saturated heterocycles. The zero-order valence-electron chi connectivity index (χ0n) is 27.8. The smallest absolute Gasteiger partial charge is 0.0918 e. The van der Waals surface area contributed by atoms with E-state index in [4.69, 9.17) is 0 Å². The normalized spacial score (nSPS) is 12.6. The maximum atomic E-state index is 2.54. The minimum absolute atomic E-state index is 0.166. The lowest BCUT2D eigenvalue weighted by Crippen LogP contribution is -2.51. The summed E-state index contributed by atoms with van der Waals surface area (Å²) in [6, 6.07) is 21.3. The van der Waals surface area contributed by atoms with Gasteiger partial charge in [0, 0.05) is 0 Å². The average molecular weight is 535 g/mol. The maximum Gasteiger partial charge on any atom is 0.243 e. The molecule has 3 rings (SSSR count). The number of hydrogen-bond donors (Lipinski definition) is 0. The van der Waals surface area contributed by atoms with Crippen molar-refractivity contribution in [3.05, 3.63) is 99.6 Å². The highest BCUT2D eigenvalue weighted by molar-refractivity contribution is 7.00. The van der Waals surface area contributed by atoms with Crippen LogP contribution in [0.4, 0.5) is 0 Å². The molecule has 3 aromatic rings. The van der Waals surface area contributed by atoms with Crippen LogP contribution in [0.1, 0.15) is 164 Å². The van der Waals surface area contributed by atoms with E-state index in [9.17, 15) is 0 Å². The van der Waals surface area contributed by atoms with Crippen molar-refractivity contribution in [2.45, 2.75) is 126 Å². The highest BCUT2D eigenvalue weighted by Crippen LogP contribution is 2.33. The predicted molar refractivity (Wildman–Crippen MR) is 183 cm³/mol. The molecule has 0 aliphatic heterocycles. The first-order valence-electron chi connectivity index (χ1n) is 15.9. The summed E-state index contributed by atoms with van der Waals surface area (Å²) in [6.07, 6.45) is 2.40. The summed E-state index contributed by atoms with van der Waals surface area (Å²) in [5.74, 6) is 2.73. The van der Waals surface area contributed by atoms with Crippen LogP contribution >= 0.6 is 0 Å². The Morgan fingerprint density at radius 3 is 1.07 bits per heavy atom. The average Bonchev–Trinajstić information content (AvgIpc) is 2.90. The molecule has 0 aromatic heterocycles. The Kier molecular flexibility index (Phi) is 10.7. The highest BCUT2D eigenvalue weighted by Gasteiger charge is 2.35. The Morgan fingerprint density at radius 1 is 0.500 bits per heavy atom. The number of allylic oxidation sites excluding steroid dienone is 1. The molecule has 0 spiro atoms. The molecule has 0 heterocycles. The third-order valence-corrected chi connectivity index (χ3v) is 8.66. The third-order valence-electron chi connectivity index (χ3n) is 8.66. The van der Waals surface area contributed by atoms with E-state index in [1.807, 2.05) is 0 Å². The summed E-state index contributed by atoms with van der Waals surface area (Å²) in [4.78, 5) is 0. The molecule has 0 nitrogen and oxygen atoms in total. The van der Waals surface area contributed by atoms with Gasteiger partial charge in [-0.05, 0) is 81.4 Å². The molecule has 3 aromatic carbocycles. The first-order chi connectivity index (χ1) is 18.8. The second kappa shape index (κ2) is 13.4. The topological polar surface area (TPSA) is 0 Å². The zero-order chi connectivity index (χ0) is 29.9. The lowest BCUT2D eigenvalue weighted by molar-refractivity contribution is 0.809. The number of hydrogen-bond acceptors (Lipinski definition) is 0. The van der Waals surface area contributed by atoms with Crippen molar-refractivity contribution in [2.24, 2.45) is 0 Å². The van der Waals surface area contributed by atoms with E-state index < -0.39 is 0 Å². The molecule has 0 unspecified atom stereocenters. The van der Waals surface area contributed by atoms with E-state index in [2.05, 4.69) is 151 Å². The molecule has 214 valence electrons. The maximum absolute atomic E-state index is 2.54. The van der Waals surface area contributed by atoms with Gasteiger partial charge in [-0.1, -0.05) is 160 Å². The van der Waals surface area contributed by atoms with Crippen LogP contribution < -0.4 is 10.9 Å². The van der Waals surface area contributed by atoms with E-state index in [1.165, 1.54) is 55.3 Å². The van der Waals surface area contributed by atoms with Crippen molar-refractivity contribution in [1.29, 1.82) is 0 Å². The Morgan fingerprint density at radius 2 is 0.825 bits per heavy atom. The fraction of sp³-hybridized carbons (Fsp3) is 0.487. The zero-order valence-corrected chi connectivity index (χ0v) is 27.8. The van der Waals surface area contributed by atoms with Gasteiger partial charge in [0.2, 0.25) is 6.71 Å². The van der Waals surface area contributed by atoms with E-state index in [-0.39, 0.29) is 6.71 Å². The van der Waals surface area contributed by atoms with Gasteiger partial charge in [-0.25, -0.2) is 0 Å². The molecule has 0 fully saturated rings. The second-order valence-electron chi connectivity index (χ2n) is 13.7. The summed E-state index contributed by atoms with van der Waals surface area (Å²) >= 11 is 0. The molecule has 1 heteroatoms. The molecule has 0 radical (unpaired) electrons. The van der Waals surface area contributed by atoms with Crippen LogP contribution in [0.5, 0.6) is 0 Å². The Labute approximate surface area is 247 Å². The summed E-state index contributed by atoms with van der Waals surface area (Å²) in [5.41, 5.74) is 14.8. The first-order valence-corrected chi connectivity index (χ1v) is 15.9. The summed E-state index contributed by atoms with van der Waals surface area (Å²) in [6.45, 7) is 30.8. The van der Waals surface area contributed by atoms with Crippen LogP contribution in [0.15, 0.2) is 60.7 Å². The van der Waals surface area contributed by atoms with Gasteiger partial charge in [-0.3, -0.25) is 0 Å². The van der Waals surface area contributed by atoms with Gasteiger partial charge in [-0.2, -0.15) is 0 Å². The molecular formula is C39H55B. The van der Waals surface area contributed by atoms with Crippen LogP contribution in [0.2, 0.25) is 0 Å². The fourth-order valence-corrected chi connectivity index (χ4v) is 6.28. The van der Waals surface area contributed by atoms with Crippen LogP contribution in [-0.2, 0) is 0 Å². The molecule has 0 aliphatic rings. The van der Waals surface area contributed by atoms with Crippen molar-refractivity contribution in [2.75, 3.05) is 0 Å². The van der Waals surface area contributed by atoms with E-state index in [1.54, 1.807) is 0 Å². The lowest BCUT2D eigenvalue weighted by atomic mass is 9.31. The van der Waals surface area contributed by atoms with Crippen LogP contribution in [0, 0.1) is 0 Å². The molecule has 0 bridgehead atoms. The Balaban J connectivity index is 2.64. The van der Waals surface area contributed by atoms with Crippen molar-refractivity contribution < 1.29 is 0 Å². The van der Waals surface area contributed by atoms with Gasteiger partial charge < -0.3 is 0 Å². The number of rotatable bonds is 10. The Hall–Kier alpha value is -2.54.